The maximum absolute atomic E-state index is 13.8. The van der Waals surface area contributed by atoms with Gasteiger partial charge >= 0.3 is 0 Å². The molecule has 4 heteroatoms. The number of aromatic amines is 1. The Morgan fingerprint density at radius 1 is 1.11 bits per heavy atom. The fourth-order valence-corrected chi connectivity index (χ4v) is 3.55. The minimum Gasteiger partial charge on any atom is -0.361 e. The number of benzene rings is 2. The van der Waals surface area contributed by atoms with Crippen molar-refractivity contribution in [1.82, 2.24) is 10.3 Å². The van der Waals surface area contributed by atoms with E-state index in [0.717, 1.165) is 34.9 Å². The van der Waals surface area contributed by atoms with E-state index in [4.69, 9.17) is 0 Å². The van der Waals surface area contributed by atoms with Gasteiger partial charge in [0.05, 0.1) is 0 Å². The van der Waals surface area contributed by atoms with Gasteiger partial charge in [-0.1, -0.05) is 56.5 Å². The van der Waals surface area contributed by atoms with Crippen LogP contribution in [0.5, 0.6) is 0 Å². The molecular weight excluding hydrogens is 339 g/mol. The summed E-state index contributed by atoms with van der Waals surface area (Å²) in [7, 11) is 0. The Bertz CT molecular complexity index is 887. The van der Waals surface area contributed by atoms with E-state index in [0.29, 0.717) is 13.0 Å². The van der Waals surface area contributed by atoms with Crippen molar-refractivity contribution in [1.29, 1.82) is 0 Å². The molecule has 0 aliphatic rings. The molecule has 27 heavy (non-hydrogen) atoms. The smallest absolute Gasteiger partial charge is 0.220 e. The van der Waals surface area contributed by atoms with E-state index in [1.54, 1.807) is 6.07 Å². The lowest BCUT2D eigenvalue weighted by molar-refractivity contribution is -0.121. The second-order valence-electron chi connectivity index (χ2n) is 7.01. The predicted molar refractivity (Wildman–Crippen MR) is 108 cm³/mol. The van der Waals surface area contributed by atoms with Crippen molar-refractivity contribution in [3.63, 3.8) is 0 Å². The molecule has 142 valence electrons. The molecule has 0 radical (unpaired) electrons. The van der Waals surface area contributed by atoms with Crippen molar-refractivity contribution in [2.24, 2.45) is 0 Å². The Morgan fingerprint density at radius 3 is 2.78 bits per heavy atom. The van der Waals surface area contributed by atoms with Crippen LogP contribution in [-0.2, 0) is 4.79 Å². The summed E-state index contributed by atoms with van der Waals surface area (Å²) in [6.07, 6.45) is 6.74. The zero-order chi connectivity index (χ0) is 19.1. The second-order valence-corrected chi connectivity index (χ2v) is 7.01. The van der Waals surface area contributed by atoms with Crippen LogP contribution in [0.4, 0.5) is 4.39 Å². The van der Waals surface area contributed by atoms with Crippen LogP contribution < -0.4 is 5.32 Å². The van der Waals surface area contributed by atoms with E-state index < -0.39 is 0 Å². The van der Waals surface area contributed by atoms with Gasteiger partial charge in [-0.25, -0.2) is 4.39 Å². The lowest BCUT2D eigenvalue weighted by Gasteiger charge is -2.17. The number of rotatable bonds is 9. The highest BCUT2D eigenvalue weighted by Gasteiger charge is 2.21. The topological polar surface area (TPSA) is 44.9 Å². The van der Waals surface area contributed by atoms with E-state index in [2.05, 4.69) is 17.2 Å². The third-order valence-electron chi connectivity index (χ3n) is 4.99. The van der Waals surface area contributed by atoms with Gasteiger partial charge in [-0.3, -0.25) is 4.79 Å². The first kappa shape index (κ1) is 19.2. The summed E-state index contributed by atoms with van der Waals surface area (Å²) in [5.41, 5.74) is 2.87. The summed E-state index contributed by atoms with van der Waals surface area (Å²) >= 11 is 0. The molecule has 0 fully saturated rings. The highest BCUT2D eigenvalue weighted by atomic mass is 19.1. The number of nitrogens with one attached hydrogen (secondary N) is 2. The van der Waals surface area contributed by atoms with Crippen LogP contribution in [-0.4, -0.2) is 17.4 Å². The van der Waals surface area contributed by atoms with Gasteiger partial charge in [0.25, 0.3) is 0 Å². The quantitative estimate of drug-likeness (QED) is 0.481. The van der Waals surface area contributed by atoms with Gasteiger partial charge in [-0.2, -0.15) is 0 Å². The first-order chi connectivity index (χ1) is 13.2. The highest BCUT2D eigenvalue weighted by Crippen LogP contribution is 2.33. The summed E-state index contributed by atoms with van der Waals surface area (Å²) in [5, 5.41) is 4.10. The molecule has 1 aromatic heterocycles. The van der Waals surface area contributed by atoms with E-state index >= 15 is 0 Å². The molecule has 3 aromatic rings. The van der Waals surface area contributed by atoms with Gasteiger partial charge in [0.1, 0.15) is 5.82 Å². The number of halogens is 1. The number of H-pyrrole nitrogens is 1. The zero-order valence-corrected chi connectivity index (χ0v) is 15.8. The van der Waals surface area contributed by atoms with Crippen LogP contribution in [0.3, 0.4) is 0 Å². The highest BCUT2D eigenvalue weighted by molar-refractivity contribution is 5.86. The van der Waals surface area contributed by atoms with Crippen LogP contribution in [0.2, 0.25) is 0 Å². The monoisotopic (exact) mass is 366 g/mol. The maximum Gasteiger partial charge on any atom is 0.220 e. The first-order valence-electron chi connectivity index (χ1n) is 9.77. The fourth-order valence-electron chi connectivity index (χ4n) is 3.55. The molecule has 0 aliphatic carbocycles. The number of hydrogen-bond donors (Lipinski definition) is 2. The first-order valence-corrected chi connectivity index (χ1v) is 9.77. The Morgan fingerprint density at radius 2 is 1.96 bits per heavy atom. The maximum atomic E-state index is 13.8. The van der Waals surface area contributed by atoms with Gasteiger partial charge < -0.3 is 10.3 Å². The molecule has 2 N–H and O–H groups in total. The second kappa shape index (κ2) is 9.36. The number of aromatic nitrogens is 1. The zero-order valence-electron chi connectivity index (χ0n) is 15.8. The number of fused-ring (bicyclic) bond motifs is 1. The molecule has 3 nitrogen and oxygen atoms in total. The van der Waals surface area contributed by atoms with Crippen LogP contribution in [0.15, 0.2) is 54.7 Å². The lowest BCUT2D eigenvalue weighted by atomic mass is 9.88. The Hall–Kier alpha value is -2.62. The van der Waals surface area contributed by atoms with Crippen molar-refractivity contribution in [2.75, 3.05) is 6.54 Å². The van der Waals surface area contributed by atoms with Gasteiger partial charge in [0.15, 0.2) is 0 Å². The van der Waals surface area contributed by atoms with Crippen molar-refractivity contribution in [3.8, 4) is 0 Å². The molecule has 0 saturated carbocycles. The minimum absolute atomic E-state index is 0.00559. The van der Waals surface area contributed by atoms with Crippen LogP contribution in [0.25, 0.3) is 10.9 Å². The van der Waals surface area contributed by atoms with Crippen molar-refractivity contribution < 1.29 is 9.18 Å². The summed E-state index contributed by atoms with van der Waals surface area (Å²) < 4.78 is 13.8. The van der Waals surface area contributed by atoms with Gasteiger partial charge in [0, 0.05) is 36.0 Å². The van der Waals surface area contributed by atoms with E-state index in [1.165, 1.54) is 25.0 Å². The third kappa shape index (κ3) is 4.97. The van der Waals surface area contributed by atoms with Gasteiger partial charge in [-0.15, -0.1) is 0 Å². The molecule has 3 rings (SSSR count). The molecule has 1 amide bonds. The molecule has 1 heterocycles. The number of para-hydroxylation sites is 1. The molecular formula is C23H27FN2O. The molecule has 1 atom stereocenters. The number of carbonyl (C=O) groups is 1. The predicted octanol–water partition coefficient (Wildman–Crippen LogP) is 5.53. The third-order valence-corrected chi connectivity index (χ3v) is 4.99. The van der Waals surface area contributed by atoms with E-state index in [9.17, 15) is 9.18 Å². The van der Waals surface area contributed by atoms with Crippen LogP contribution >= 0.6 is 0 Å². The number of carbonyl (C=O) groups excluding carboxylic acids is 1. The Balaban J connectivity index is 1.80. The normalized spacial score (nSPS) is 12.2. The van der Waals surface area contributed by atoms with Crippen molar-refractivity contribution >= 4 is 16.8 Å². The minimum atomic E-state index is -0.280. The fraction of sp³-hybridized carbons (Fsp3) is 0.348. The van der Waals surface area contributed by atoms with Gasteiger partial charge in [0.2, 0.25) is 5.91 Å². The number of amides is 1. The SMILES string of the molecule is CCCCCCNC(=O)CC(c1cccc(F)c1)c1c[nH]c2ccccc12. The number of hydrogen-bond acceptors (Lipinski definition) is 1. The molecule has 0 aliphatic heterocycles. The summed E-state index contributed by atoms with van der Waals surface area (Å²) in [6, 6.07) is 14.6. The Kier molecular flexibility index (Phi) is 6.64. The molecule has 0 bridgehead atoms. The average molecular weight is 366 g/mol. The van der Waals surface area contributed by atoms with E-state index in [1.807, 2.05) is 36.5 Å². The average Bonchev–Trinajstić information content (AvgIpc) is 3.10. The lowest BCUT2D eigenvalue weighted by Crippen LogP contribution is -2.26. The standard InChI is InChI=1S/C23H27FN2O/c1-2-3-4-7-13-25-23(27)15-20(17-9-8-10-18(24)14-17)21-16-26-22-12-6-5-11-19(21)22/h5-6,8-12,14,16,20,26H,2-4,7,13,15H2,1H3,(H,25,27). The van der Waals surface area contributed by atoms with Crippen molar-refractivity contribution in [3.05, 3.63) is 71.7 Å². The molecule has 1 unspecified atom stereocenters. The summed E-state index contributed by atoms with van der Waals surface area (Å²) in [5.74, 6) is -0.462. The molecule has 2 aromatic carbocycles. The van der Waals surface area contributed by atoms with Crippen LogP contribution in [0.1, 0.15) is 56.1 Å². The Labute approximate surface area is 160 Å². The summed E-state index contributed by atoms with van der Waals surface area (Å²) in [4.78, 5) is 15.8. The molecule has 0 spiro atoms. The van der Waals surface area contributed by atoms with Crippen LogP contribution in [0, 0.1) is 5.82 Å². The van der Waals surface area contributed by atoms with E-state index in [-0.39, 0.29) is 17.6 Å². The van der Waals surface area contributed by atoms with Gasteiger partial charge in [-0.05, 0) is 35.7 Å². The number of unbranched alkanes of at least 4 members (excludes halogenated alkanes) is 3. The van der Waals surface area contributed by atoms with Crippen molar-refractivity contribution in [2.45, 2.75) is 44.9 Å². The molecule has 0 saturated heterocycles. The summed E-state index contributed by atoms with van der Waals surface area (Å²) in [6.45, 7) is 2.87. The largest absolute Gasteiger partial charge is 0.361 e.